The molecular weight excluding hydrogens is 228 g/mol. The van der Waals surface area contributed by atoms with Crippen LogP contribution in [0.3, 0.4) is 0 Å². The molecule has 18 heavy (non-hydrogen) atoms. The Morgan fingerprint density at radius 3 is 2.56 bits per heavy atom. The van der Waals surface area contributed by atoms with Gasteiger partial charge in [0.15, 0.2) is 0 Å². The van der Waals surface area contributed by atoms with Gasteiger partial charge in [-0.15, -0.1) is 0 Å². The molecular formula is C15H12O3. The lowest BCUT2D eigenvalue weighted by molar-refractivity contribution is -0.0959. The average Bonchev–Trinajstić information content (AvgIpc) is 2.65. The first kappa shape index (κ1) is 11.0. The minimum absolute atomic E-state index is 0.410. The Kier molecular flexibility index (Phi) is 2.25. The maximum Gasteiger partial charge on any atom is 0.300 e. The summed E-state index contributed by atoms with van der Waals surface area (Å²) in [7, 11) is 0. The molecule has 1 unspecified atom stereocenters. The molecule has 0 spiro atoms. The Morgan fingerprint density at radius 1 is 1.11 bits per heavy atom. The highest BCUT2D eigenvalue weighted by atomic mass is 16.6. The fourth-order valence-electron chi connectivity index (χ4n) is 2.15. The summed E-state index contributed by atoms with van der Waals surface area (Å²) in [4.78, 5) is 12.3. The molecule has 0 saturated heterocycles. The third-order valence-electron chi connectivity index (χ3n) is 3.11. The minimum atomic E-state index is -1.89. The van der Waals surface area contributed by atoms with E-state index >= 15 is 0 Å². The number of rotatable bonds is 1. The van der Waals surface area contributed by atoms with Gasteiger partial charge < -0.3 is 9.84 Å². The number of Topliss-reactive ketones (excluding diaryl/α,β-unsaturated/α-hetero) is 1. The number of ether oxygens (including phenoxy) is 1. The van der Waals surface area contributed by atoms with Crippen LogP contribution in [0.2, 0.25) is 0 Å². The summed E-state index contributed by atoms with van der Waals surface area (Å²) in [5, 5.41) is 10.5. The van der Waals surface area contributed by atoms with Crippen LogP contribution in [0.5, 0.6) is 5.75 Å². The Balaban J connectivity index is 2.12. The van der Waals surface area contributed by atoms with Crippen LogP contribution in [0.1, 0.15) is 21.5 Å². The van der Waals surface area contributed by atoms with Crippen molar-refractivity contribution >= 4 is 5.78 Å². The van der Waals surface area contributed by atoms with Gasteiger partial charge in [0, 0.05) is 5.56 Å². The first-order valence-electron chi connectivity index (χ1n) is 5.73. The summed E-state index contributed by atoms with van der Waals surface area (Å²) in [6.45, 7) is 1.90. The van der Waals surface area contributed by atoms with E-state index in [1.165, 1.54) is 0 Å². The van der Waals surface area contributed by atoms with Crippen molar-refractivity contribution in [2.24, 2.45) is 0 Å². The van der Waals surface area contributed by atoms with Gasteiger partial charge in [0.05, 0.1) is 5.56 Å². The first-order valence-corrected chi connectivity index (χ1v) is 5.73. The number of fused-ring (bicyclic) bond motifs is 1. The summed E-state index contributed by atoms with van der Waals surface area (Å²) < 4.78 is 5.45. The highest BCUT2D eigenvalue weighted by molar-refractivity contribution is 6.06. The summed E-state index contributed by atoms with van der Waals surface area (Å²) in [6, 6.07) is 14.0. The minimum Gasteiger partial charge on any atom is -0.450 e. The number of aliphatic hydroxyl groups is 1. The predicted octanol–water partition coefficient (Wildman–Crippen LogP) is 2.42. The Hall–Kier alpha value is -2.13. The number of aryl methyl sites for hydroxylation is 1. The number of ketones is 1. The molecule has 0 bridgehead atoms. The third-order valence-corrected chi connectivity index (χ3v) is 3.11. The van der Waals surface area contributed by atoms with Crippen molar-refractivity contribution in [3.63, 3.8) is 0 Å². The van der Waals surface area contributed by atoms with Crippen molar-refractivity contribution in [2.75, 3.05) is 0 Å². The van der Waals surface area contributed by atoms with Gasteiger partial charge in [-0.25, -0.2) is 0 Å². The highest BCUT2D eigenvalue weighted by Gasteiger charge is 2.48. The van der Waals surface area contributed by atoms with Crippen LogP contribution in [0.4, 0.5) is 0 Å². The van der Waals surface area contributed by atoms with Crippen molar-refractivity contribution in [2.45, 2.75) is 12.7 Å². The largest absolute Gasteiger partial charge is 0.450 e. The molecule has 0 radical (unpaired) electrons. The van der Waals surface area contributed by atoms with Gasteiger partial charge in [0.25, 0.3) is 5.79 Å². The molecule has 0 fully saturated rings. The van der Waals surface area contributed by atoms with Crippen molar-refractivity contribution in [1.29, 1.82) is 0 Å². The van der Waals surface area contributed by atoms with E-state index < -0.39 is 11.6 Å². The zero-order valence-corrected chi connectivity index (χ0v) is 9.88. The third kappa shape index (κ3) is 1.45. The van der Waals surface area contributed by atoms with Crippen LogP contribution in [0.15, 0.2) is 48.5 Å². The van der Waals surface area contributed by atoms with Gasteiger partial charge in [-0.2, -0.15) is 0 Å². The lowest BCUT2D eigenvalue weighted by Crippen LogP contribution is -2.36. The van der Waals surface area contributed by atoms with Gasteiger partial charge in [-0.1, -0.05) is 42.0 Å². The van der Waals surface area contributed by atoms with Gasteiger partial charge >= 0.3 is 0 Å². The average molecular weight is 240 g/mol. The van der Waals surface area contributed by atoms with E-state index in [4.69, 9.17) is 4.74 Å². The molecule has 0 amide bonds. The lowest BCUT2D eigenvalue weighted by atomic mass is 9.98. The fraction of sp³-hybridized carbons (Fsp3) is 0.133. The topological polar surface area (TPSA) is 46.5 Å². The molecule has 1 N–H and O–H groups in total. The van der Waals surface area contributed by atoms with E-state index in [2.05, 4.69) is 0 Å². The van der Waals surface area contributed by atoms with Gasteiger partial charge in [-0.3, -0.25) is 4.79 Å². The van der Waals surface area contributed by atoms with Crippen LogP contribution in [-0.4, -0.2) is 10.9 Å². The van der Waals surface area contributed by atoms with Crippen molar-refractivity contribution in [3.05, 3.63) is 65.2 Å². The number of carbonyl (C=O) groups excluding carboxylic acids is 1. The number of hydrogen-bond acceptors (Lipinski definition) is 3. The van der Waals surface area contributed by atoms with E-state index in [1.54, 1.807) is 36.4 Å². The smallest absolute Gasteiger partial charge is 0.300 e. The molecule has 3 nitrogen and oxygen atoms in total. The van der Waals surface area contributed by atoms with Crippen LogP contribution < -0.4 is 4.74 Å². The highest BCUT2D eigenvalue weighted by Crippen LogP contribution is 2.39. The molecule has 0 aliphatic carbocycles. The van der Waals surface area contributed by atoms with E-state index in [0.29, 0.717) is 16.9 Å². The van der Waals surface area contributed by atoms with Gasteiger partial charge in [-0.05, 0) is 19.1 Å². The van der Waals surface area contributed by atoms with Crippen LogP contribution in [0.25, 0.3) is 0 Å². The molecule has 1 atom stereocenters. The Bertz CT molecular complexity index is 619. The lowest BCUT2D eigenvalue weighted by Gasteiger charge is -2.20. The summed E-state index contributed by atoms with van der Waals surface area (Å²) in [5.41, 5.74) is 1.84. The second kappa shape index (κ2) is 3.68. The molecule has 3 heteroatoms. The number of benzene rings is 2. The Morgan fingerprint density at radius 2 is 1.83 bits per heavy atom. The second-order valence-electron chi connectivity index (χ2n) is 4.44. The maximum absolute atomic E-state index is 12.3. The van der Waals surface area contributed by atoms with Crippen LogP contribution in [0, 0.1) is 6.92 Å². The van der Waals surface area contributed by atoms with Crippen molar-refractivity contribution in [3.8, 4) is 5.75 Å². The normalized spacial score (nSPS) is 21.6. The molecule has 0 aromatic heterocycles. The Labute approximate surface area is 105 Å². The van der Waals surface area contributed by atoms with E-state index in [-0.39, 0.29) is 0 Å². The van der Waals surface area contributed by atoms with Crippen LogP contribution >= 0.6 is 0 Å². The van der Waals surface area contributed by atoms with Crippen molar-refractivity contribution in [1.82, 2.24) is 0 Å². The predicted molar refractivity (Wildman–Crippen MR) is 66.5 cm³/mol. The summed E-state index contributed by atoms with van der Waals surface area (Å²) in [5.74, 6) is -1.87. The monoisotopic (exact) mass is 240 g/mol. The SMILES string of the molecule is Cc1ccc2c(c1)C(=O)C(O)(c1ccccc1)O2. The van der Waals surface area contributed by atoms with Gasteiger partial charge in [0.2, 0.25) is 5.78 Å². The standard InChI is InChI=1S/C15H12O3/c1-10-7-8-13-12(9-10)14(16)15(17,18-13)11-5-3-2-4-6-11/h2-9,17H,1H3. The first-order chi connectivity index (χ1) is 8.61. The molecule has 1 aliphatic heterocycles. The second-order valence-corrected chi connectivity index (χ2v) is 4.44. The summed E-state index contributed by atoms with van der Waals surface area (Å²) >= 11 is 0. The quantitative estimate of drug-likeness (QED) is 0.832. The maximum atomic E-state index is 12.3. The molecule has 1 heterocycles. The molecule has 3 rings (SSSR count). The molecule has 90 valence electrons. The molecule has 2 aromatic carbocycles. The zero-order chi connectivity index (χ0) is 12.8. The number of carbonyl (C=O) groups is 1. The van der Waals surface area contributed by atoms with E-state index in [9.17, 15) is 9.90 Å². The van der Waals surface area contributed by atoms with Crippen LogP contribution in [-0.2, 0) is 5.79 Å². The molecule has 0 saturated carbocycles. The molecule has 2 aromatic rings. The van der Waals surface area contributed by atoms with Crippen molar-refractivity contribution < 1.29 is 14.6 Å². The summed E-state index contributed by atoms with van der Waals surface area (Å²) in [6.07, 6.45) is 0. The molecule has 1 aliphatic rings. The zero-order valence-electron chi connectivity index (χ0n) is 9.88. The van der Waals surface area contributed by atoms with E-state index in [1.807, 2.05) is 19.1 Å². The van der Waals surface area contributed by atoms with E-state index in [0.717, 1.165) is 5.56 Å². The number of hydrogen-bond donors (Lipinski definition) is 1. The fourth-order valence-corrected chi connectivity index (χ4v) is 2.15. The van der Waals surface area contributed by atoms with Gasteiger partial charge in [0.1, 0.15) is 5.75 Å².